The zero-order valence-electron chi connectivity index (χ0n) is 24.2. The molecule has 11 heteroatoms. The molecule has 1 heterocycles. The molecule has 43 heavy (non-hydrogen) atoms. The number of hydrogen-bond donors (Lipinski definition) is 2. The van der Waals surface area contributed by atoms with Crippen LogP contribution in [-0.2, 0) is 14.9 Å². The van der Waals surface area contributed by atoms with Gasteiger partial charge in [-0.3, -0.25) is 4.79 Å². The summed E-state index contributed by atoms with van der Waals surface area (Å²) < 4.78 is 41.9. The number of benzene rings is 3. The number of anilines is 1. The van der Waals surface area contributed by atoms with Gasteiger partial charge in [0.25, 0.3) is 0 Å². The van der Waals surface area contributed by atoms with Crippen molar-refractivity contribution in [2.24, 2.45) is 5.41 Å². The van der Waals surface area contributed by atoms with Gasteiger partial charge < -0.3 is 20.1 Å². The molecule has 0 bridgehead atoms. The van der Waals surface area contributed by atoms with E-state index in [0.717, 1.165) is 6.07 Å². The van der Waals surface area contributed by atoms with Crippen molar-refractivity contribution < 1.29 is 27.8 Å². The smallest absolute Gasteiger partial charge is 0.341 e. The summed E-state index contributed by atoms with van der Waals surface area (Å²) in [6.07, 6.45) is 0.312. The number of nitrogens with one attached hydrogen (secondary N) is 2. The summed E-state index contributed by atoms with van der Waals surface area (Å²) in [6, 6.07) is 13.0. The molecular weight excluding hydrogens is 599 g/mol. The van der Waals surface area contributed by atoms with Crippen LogP contribution in [0.4, 0.5) is 14.5 Å². The Kier molecular flexibility index (Phi) is 9.36. The van der Waals surface area contributed by atoms with Crippen LogP contribution >= 0.6 is 23.2 Å². The van der Waals surface area contributed by atoms with Gasteiger partial charge in [-0.2, -0.15) is 5.26 Å². The highest BCUT2D eigenvalue weighted by Gasteiger charge is 2.61. The molecule has 0 saturated carbocycles. The molecular formula is C32H31Cl2F2N3O4. The molecule has 1 aliphatic rings. The molecule has 1 saturated heterocycles. The van der Waals surface area contributed by atoms with Gasteiger partial charge in [-0.05, 0) is 47.7 Å². The van der Waals surface area contributed by atoms with Crippen LogP contribution in [0.25, 0.3) is 0 Å². The SMILES string of the molecule is COC(=O)c1cccc(NC(=O)[C@@H]2N[C@@H](CC(C)(C)C)[C@](C#N)(c3ccc(Cl)cc3F)[C@H]2c2cccc(Cl)c2F)c1OC. The predicted octanol–water partition coefficient (Wildman–Crippen LogP) is 7.03. The summed E-state index contributed by atoms with van der Waals surface area (Å²) in [5.41, 5.74) is -2.05. The Morgan fingerprint density at radius 2 is 1.79 bits per heavy atom. The number of carbonyl (C=O) groups excluding carboxylic acids is 2. The number of halogens is 4. The maximum absolute atomic E-state index is 15.9. The lowest BCUT2D eigenvalue weighted by atomic mass is 9.62. The number of methoxy groups -OCH3 is 2. The number of rotatable bonds is 7. The van der Waals surface area contributed by atoms with Gasteiger partial charge >= 0.3 is 5.97 Å². The fourth-order valence-electron chi connectivity index (χ4n) is 5.89. The number of amides is 1. The molecule has 1 aliphatic heterocycles. The van der Waals surface area contributed by atoms with E-state index in [-0.39, 0.29) is 38.2 Å². The van der Waals surface area contributed by atoms with E-state index >= 15 is 8.78 Å². The number of carbonyl (C=O) groups is 2. The number of nitrogens with zero attached hydrogens (tertiary/aromatic N) is 1. The zero-order chi connectivity index (χ0) is 31.7. The quantitative estimate of drug-likeness (QED) is 0.272. The van der Waals surface area contributed by atoms with E-state index in [4.69, 9.17) is 32.7 Å². The molecule has 0 aliphatic carbocycles. The van der Waals surface area contributed by atoms with Crippen LogP contribution in [0, 0.1) is 28.4 Å². The number of esters is 1. The van der Waals surface area contributed by atoms with Gasteiger partial charge in [0.15, 0.2) is 5.75 Å². The molecule has 2 N–H and O–H groups in total. The van der Waals surface area contributed by atoms with Crippen LogP contribution in [0.3, 0.4) is 0 Å². The molecule has 7 nitrogen and oxygen atoms in total. The van der Waals surface area contributed by atoms with Crippen molar-refractivity contribution in [3.8, 4) is 11.8 Å². The molecule has 4 atom stereocenters. The van der Waals surface area contributed by atoms with E-state index < -0.39 is 52.3 Å². The number of nitriles is 1. The molecule has 0 unspecified atom stereocenters. The zero-order valence-corrected chi connectivity index (χ0v) is 25.7. The average molecular weight is 631 g/mol. The second kappa shape index (κ2) is 12.5. The van der Waals surface area contributed by atoms with Crippen LogP contribution in [0.15, 0.2) is 54.6 Å². The van der Waals surface area contributed by atoms with Gasteiger partial charge in [-0.25, -0.2) is 13.6 Å². The first kappa shape index (κ1) is 32.2. The van der Waals surface area contributed by atoms with Crippen molar-refractivity contribution >= 4 is 40.8 Å². The Hall–Kier alpha value is -3.71. The molecule has 0 spiro atoms. The third-order valence-electron chi connectivity index (χ3n) is 7.61. The van der Waals surface area contributed by atoms with E-state index in [9.17, 15) is 14.9 Å². The van der Waals surface area contributed by atoms with Crippen LogP contribution < -0.4 is 15.4 Å². The van der Waals surface area contributed by atoms with Crippen LogP contribution in [0.1, 0.15) is 54.6 Å². The molecule has 0 radical (unpaired) electrons. The van der Waals surface area contributed by atoms with Crippen molar-refractivity contribution in [2.45, 2.75) is 50.6 Å². The Labute approximate surface area is 259 Å². The summed E-state index contributed by atoms with van der Waals surface area (Å²) >= 11 is 12.3. The summed E-state index contributed by atoms with van der Waals surface area (Å²) in [4.78, 5) is 26.5. The van der Waals surface area contributed by atoms with Crippen molar-refractivity contribution in [2.75, 3.05) is 19.5 Å². The summed E-state index contributed by atoms with van der Waals surface area (Å²) in [6.45, 7) is 5.84. The van der Waals surface area contributed by atoms with E-state index in [0.29, 0.717) is 6.42 Å². The minimum Gasteiger partial charge on any atom is -0.494 e. The average Bonchev–Trinajstić information content (AvgIpc) is 3.26. The van der Waals surface area contributed by atoms with Crippen molar-refractivity contribution in [1.82, 2.24) is 5.32 Å². The molecule has 226 valence electrons. The normalized spacial score (nSPS) is 21.6. The first-order valence-corrected chi connectivity index (χ1v) is 14.2. The first-order valence-electron chi connectivity index (χ1n) is 13.4. The Balaban J connectivity index is 1.96. The second-order valence-electron chi connectivity index (χ2n) is 11.6. The van der Waals surface area contributed by atoms with Crippen molar-refractivity contribution in [3.63, 3.8) is 0 Å². The minimum atomic E-state index is -1.78. The minimum absolute atomic E-state index is 0.0360. The van der Waals surface area contributed by atoms with Gasteiger partial charge in [0.2, 0.25) is 5.91 Å². The van der Waals surface area contributed by atoms with Crippen molar-refractivity contribution in [3.05, 3.63) is 93.0 Å². The van der Waals surface area contributed by atoms with E-state index in [1.165, 1.54) is 62.8 Å². The number of hydrogen-bond acceptors (Lipinski definition) is 6. The molecule has 3 aromatic rings. The van der Waals surface area contributed by atoms with E-state index in [1.54, 1.807) is 0 Å². The van der Waals surface area contributed by atoms with Gasteiger partial charge in [0.1, 0.15) is 22.6 Å². The van der Waals surface area contributed by atoms with Gasteiger partial charge in [-0.1, -0.05) is 68.2 Å². The van der Waals surface area contributed by atoms with Crippen LogP contribution in [-0.4, -0.2) is 38.2 Å². The predicted molar refractivity (Wildman–Crippen MR) is 161 cm³/mol. The summed E-state index contributed by atoms with van der Waals surface area (Å²) in [7, 11) is 2.55. The maximum atomic E-state index is 15.9. The molecule has 1 amide bonds. The lowest BCUT2D eigenvalue weighted by Crippen LogP contribution is -2.45. The van der Waals surface area contributed by atoms with Gasteiger partial charge in [0.05, 0.1) is 37.0 Å². The standard InChI is InChI=1S/C32H31Cl2F2N3O4/c1-31(2,3)15-24-32(16-37,20-13-12-17(33)14-22(20)35)25(18-8-6-10-21(34)26(18)36)27(39-24)29(40)38-23-11-7-9-19(28(23)42-4)30(41)43-5/h6-14,24-25,27,39H,15H2,1-5H3,(H,38,40)/t24-,25-,27+,32-/m0/s1. The monoisotopic (exact) mass is 629 g/mol. The second-order valence-corrected chi connectivity index (χ2v) is 12.4. The number of para-hydroxylation sites is 1. The lowest BCUT2D eigenvalue weighted by Gasteiger charge is -2.37. The summed E-state index contributed by atoms with van der Waals surface area (Å²) in [5, 5.41) is 16.9. The highest BCUT2D eigenvalue weighted by molar-refractivity contribution is 6.31. The number of ether oxygens (including phenoxy) is 2. The summed E-state index contributed by atoms with van der Waals surface area (Å²) in [5.74, 6) is -4.16. The van der Waals surface area contributed by atoms with E-state index in [2.05, 4.69) is 16.7 Å². The van der Waals surface area contributed by atoms with Crippen LogP contribution in [0.2, 0.25) is 10.0 Å². The molecule has 4 rings (SSSR count). The molecule has 1 fully saturated rings. The highest BCUT2D eigenvalue weighted by atomic mass is 35.5. The Morgan fingerprint density at radius 3 is 2.40 bits per heavy atom. The lowest BCUT2D eigenvalue weighted by molar-refractivity contribution is -0.118. The highest BCUT2D eigenvalue weighted by Crippen LogP contribution is 2.53. The fourth-order valence-corrected chi connectivity index (χ4v) is 6.23. The fraction of sp³-hybridized carbons (Fsp3) is 0.344. The van der Waals surface area contributed by atoms with Gasteiger partial charge in [0, 0.05) is 22.5 Å². The topological polar surface area (TPSA) is 100 Å². The third-order valence-corrected chi connectivity index (χ3v) is 8.14. The largest absolute Gasteiger partial charge is 0.494 e. The Bertz CT molecular complexity index is 1600. The molecule has 0 aromatic heterocycles. The van der Waals surface area contributed by atoms with Crippen LogP contribution in [0.5, 0.6) is 5.75 Å². The Morgan fingerprint density at radius 1 is 1.09 bits per heavy atom. The van der Waals surface area contributed by atoms with Gasteiger partial charge in [-0.15, -0.1) is 0 Å². The third kappa shape index (κ3) is 6.05. The van der Waals surface area contributed by atoms with E-state index in [1.807, 2.05) is 20.8 Å². The maximum Gasteiger partial charge on any atom is 0.341 e. The first-order chi connectivity index (χ1) is 20.3. The van der Waals surface area contributed by atoms with Crippen molar-refractivity contribution in [1.29, 1.82) is 5.26 Å². The molecule has 3 aromatic carbocycles.